The first-order valence-corrected chi connectivity index (χ1v) is 7.62. The number of aromatic nitrogens is 3. The molecule has 2 rings (SSSR count). The number of nitrogens with one attached hydrogen (secondary N) is 2. The van der Waals surface area contributed by atoms with Crippen molar-refractivity contribution >= 4 is 11.9 Å². The fourth-order valence-electron chi connectivity index (χ4n) is 2.50. The molecular formula is C16H22N4O3. The van der Waals surface area contributed by atoms with E-state index in [1.165, 1.54) is 7.11 Å². The van der Waals surface area contributed by atoms with Crippen molar-refractivity contribution in [3.05, 3.63) is 41.2 Å². The predicted molar refractivity (Wildman–Crippen MR) is 85.4 cm³/mol. The third kappa shape index (κ3) is 3.80. The lowest BCUT2D eigenvalue weighted by atomic mass is 10.1. The number of hydrogen-bond acceptors (Lipinski definition) is 4. The third-order valence-corrected chi connectivity index (χ3v) is 3.74. The molecular weight excluding hydrogens is 296 g/mol. The van der Waals surface area contributed by atoms with Gasteiger partial charge >= 0.3 is 5.97 Å². The van der Waals surface area contributed by atoms with Crippen molar-refractivity contribution in [1.82, 2.24) is 19.9 Å². The average Bonchev–Trinajstić information content (AvgIpc) is 3.18. The van der Waals surface area contributed by atoms with E-state index in [0.717, 1.165) is 18.7 Å². The van der Waals surface area contributed by atoms with Gasteiger partial charge in [-0.05, 0) is 25.3 Å². The van der Waals surface area contributed by atoms with Gasteiger partial charge in [0.05, 0.1) is 19.0 Å². The van der Waals surface area contributed by atoms with Gasteiger partial charge in [-0.2, -0.15) is 0 Å². The van der Waals surface area contributed by atoms with Gasteiger partial charge in [0, 0.05) is 31.2 Å². The molecule has 7 heteroatoms. The van der Waals surface area contributed by atoms with Crippen molar-refractivity contribution in [1.29, 1.82) is 0 Å². The van der Waals surface area contributed by atoms with Gasteiger partial charge in [-0.3, -0.25) is 4.79 Å². The highest BCUT2D eigenvalue weighted by Gasteiger charge is 2.23. The summed E-state index contributed by atoms with van der Waals surface area (Å²) in [4.78, 5) is 31.2. The Morgan fingerprint density at radius 2 is 2.22 bits per heavy atom. The molecule has 0 aromatic carbocycles. The highest BCUT2D eigenvalue weighted by atomic mass is 16.5. The first-order chi connectivity index (χ1) is 11.1. The molecule has 2 aromatic rings. The van der Waals surface area contributed by atoms with Gasteiger partial charge < -0.3 is 19.6 Å². The normalized spacial score (nSPS) is 10.6. The summed E-state index contributed by atoms with van der Waals surface area (Å²) in [5, 5.41) is 2.87. The zero-order valence-electron chi connectivity index (χ0n) is 13.7. The van der Waals surface area contributed by atoms with E-state index < -0.39 is 5.97 Å². The maximum absolute atomic E-state index is 12.3. The molecule has 0 aliphatic rings. The second kappa shape index (κ2) is 7.62. The van der Waals surface area contributed by atoms with Crippen LogP contribution in [0.2, 0.25) is 0 Å². The summed E-state index contributed by atoms with van der Waals surface area (Å²) in [5.74, 6) is -0.632. The van der Waals surface area contributed by atoms with Crippen LogP contribution in [0.25, 0.3) is 0 Å². The van der Waals surface area contributed by atoms with Crippen molar-refractivity contribution in [3.8, 4) is 0 Å². The topological polar surface area (TPSA) is 89.0 Å². The molecule has 0 saturated heterocycles. The minimum atomic E-state index is -0.422. The number of aromatic amines is 1. The second-order valence-electron chi connectivity index (χ2n) is 5.23. The molecule has 0 saturated carbocycles. The van der Waals surface area contributed by atoms with Crippen LogP contribution in [0.5, 0.6) is 0 Å². The first-order valence-electron chi connectivity index (χ1n) is 7.62. The molecule has 0 atom stereocenters. The van der Waals surface area contributed by atoms with Crippen molar-refractivity contribution in [3.63, 3.8) is 0 Å². The van der Waals surface area contributed by atoms with Gasteiger partial charge in [0.2, 0.25) is 0 Å². The van der Waals surface area contributed by atoms with Gasteiger partial charge in [-0.15, -0.1) is 0 Å². The van der Waals surface area contributed by atoms with Crippen LogP contribution < -0.4 is 5.32 Å². The van der Waals surface area contributed by atoms with Gasteiger partial charge in [0.15, 0.2) is 0 Å². The number of nitrogens with zero attached hydrogens (tertiary/aromatic N) is 2. The number of ether oxygens (including phenoxy) is 1. The Bertz CT molecular complexity index is 674. The Hall–Kier alpha value is -2.57. The Kier molecular flexibility index (Phi) is 5.56. The number of carbonyl (C=O) groups is 2. The van der Waals surface area contributed by atoms with Gasteiger partial charge in [-0.1, -0.05) is 6.92 Å². The average molecular weight is 318 g/mol. The van der Waals surface area contributed by atoms with Crippen molar-refractivity contribution < 1.29 is 14.3 Å². The number of amides is 1. The van der Waals surface area contributed by atoms with Crippen LogP contribution in [-0.4, -0.2) is 40.1 Å². The molecule has 2 aromatic heterocycles. The number of imidazole rings is 1. The molecule has 1 amide bonds. The van der Waals surface area contributed by atoms with Crippen LogP contribution in [0.1, 0.15) is 45.4 Å². The van der Waals surface area contributed by atoms with Crippen LogP contribution in [0.3, 0.4) is 0 Å². The smallest absolute Gasteiger partial charge is 0.339 e. The lowest BCUT2D eigenvalue weighted by Crippen LogP contribution is -2.26. The molecule has 0 radical (unpaired) electrons. The Labute approximate surface area is 135 Å². The highest BCUT2D eigenvalue weighted by Crippen LogP contribution is 2.20. The molecule has 7 nitrogen and oxygen atoms in total. The summed E-state index contributed by atoms with van der Waals surface area (Å²) in [6, 6.07) is 0. The molecule has 0 fully saturated rings. The fraction of sp³-hybridized carbons (Fsp3) is 0.438. The number of rotatable bonds is 7. The van der Waals surface area contributed by atoms with Crippen LogP contribution in [0, 0.1) is 6.92 Å². The number of hydrogen-bond donors (Lipinski definition) is 2. The molecule has 0 aliphatic carbocycles. The summed E-state index contributed by atoms with van der Waals surface area (Å²) in [7, 11) is 1.34. The maximum Gasteiger partial charge on any atom is 0.339 e. The molecule has 0 unspecified atom stereocenters. The van der Waals surface area contributed by atoms with E-state index in [0.29, 0.717) is 29.8 Å². The minimum absolute atomic E-state index is 0.210. The quantitative estimate of drug-likeness (QED) is 0.600. The Morgan fingerprint density at radius 3 is 2.83 bits per heavy atom. The van der Waals surface area contributed by atoms with E-state index in [2.05, 4.69) is 15.3 Å². The Morgan fingerprint density at radius 1 is 1.43 bits per heavy atom. The molecule has 23 heavy (non-hydrogen) atoms. The van der Waals surface area contributed by atoms with Gasteiger partial charge in [0.25, 0.3) is 5.91 Å². The fourth-order valence-corrected chi connectivity index (χ4v) is 2.50. The third-order valence-electron chi connectivity index (χ3n) is 3.74. The molecule has 124 valence electrons. The zero-order valence-corrected chi connectivity index (χ0v) is 13.7. The number of esters is 1. The van der Waals surface area contributed by atoms with E-state index in [1.807, 2.05) is 17.7 Å². The van der Waals surface area contributed by atoms with Gasteiger partial charge in [-0.25, -0.2) is 9.78 Å². The predicted octanol–water partition coefficient (Wildman–Crippen LogP) is 1.69. The van der Waals surface area contributed by atoms with Crippen LogP contribution in [0.15, 0.2) is 18.7 Å². The lowest BCUT2D eigenvalue weighted by Gasteiger charge is -2.05. The first kappa shape index (κ1) is 16.8. The number of carbonyl (C=O) groups excluding carboxylic acids is 2. The van der Waals surface area contributed by atoms with Crippen LogP contribution >= 0.6 is 0 Å². The molecule has 0 bridgehead atoms. The van der Waals surface area contributed by atoms with E-state index in [9.17, 15) is 9.59 Å². The van der Waals surface area contributed by atoms with E-state index in [4.69, 9.17) is 4.74 Å². The SMILES string of the molecule is CCc1[nH]c(C(=O)NCCCn2ccnc2)c(C)c1C(=O)OC. The molecule has 2 N–H and O–H groups in total. The highest BCUT2D eigenvalue weighted by molar-refractivity contribution is 6.00. The van der Waals surface area contributed by atoms with Crippen LogP contribution in [-0.2, 0) is 17.7 Å². The summed E-state index contributed by atoms with van der Waals surface area (Å²) in [5.41, 5.74) is 2.22. The van der Waals surface area contributed by atoms with E-state index in [-0.39, 0.29) is 5.91 Å². The van der Waals surface area contributed by atoms with Crippen molar-refractivity contribution in [2.45, 2.75) is 33.2 Å². The second-order valence-corrected chi connectivity index (χ2v) is 5.23. The molecule has 0 spiro atoms. The standard InChI is InChI=1S/C16H22N4O3/c1-4-12-13(16(22)23-3)11(2)14(19-12)15(21)18-6-5-8-20-9-7-17-10-20/h7,9-10,19H,4-6,8H2,1-3H3,(H,18,21). The summed E-state index contributed by atoms with van der Waals surface area (Å²) in [6.45, 7) is 5.01. The molecule has 2 heterocycles. The minimum Gasteiger partial charge on any atom is -0.465 e. The summed E-state index contributed by atoms with van der Waals surface area (Å²) in [6.07, 6.45) is 6.77. The number of H-pyrrole nitrogens is 1. The van der Waals surface area contributed by atoms with Crippen molar-refractivity contribution in [2.24, 2.45) is 0 Å². The van der Waals surface area contributed by atoms with Crippen LogP contribution in [0.4, 0.5) is 0 Å². The van der Waals surface area contributed by atoms with Gasteiger partial charge in [0.1, 0.15) is 5.69 Å². The van der Waals surface area contributed by atoms with Crippen molar-refractivity contribution in [2.75, 3.05) is 13.7 Å². The number of methoxy groups -OCH3 is 1. The molecule has 0 aliphatic heterocycles. The summed E-state index contributed by atoms with van der Waals surface area (Å²) < 4.78 is 6.75. The van der Waals surface area contributed by atoms with E-state index >= 15 is 0 Å². The van der Waals surface area contributed by atoms with E-state index in [1.54, 1.807) is 19.4 Å². The summed E-state index contributed by atoms with van der Waals surface area (Å²) >= 11 is 0. The zero-order chi connectivity index (χ0) is 16.8. The Balaban J connectivity index is 1.99. The maximum atomic E-state index is 12.3. The lowest BCUT2D eigenvalue weighted by molar-refractivity contribution is 0.0599. The monoisotopic (exact) mass is 318 g/mol. The number of aryl methyl sites for hydroxylation is 2. The largest absolute Gasteiger partial charge is 0.465 e.